The van der Waals surface area contributed by atoms with E-state index in [4.69, 9.17) is 0 Å². The molecule has 0 aliphatic carbocycles. The molecule has 0 aromatic heterocycles. The molecule has 1 aliphatic heterocycles. The first-order valence-electron chi connectivity index (χ1n) is 5.96. The van der Waals surface area contributed by atoms with Crippen LogP contribution in [0, 0.1) is 11.6 Å². The monoisotopic (exact) mass is 285 g/mol. The van der Waals surface area contributed by atoms with Crippen molar-refractivity contribution in [3.63, 3.8) is 0 Å². The minimum Gasteiger partial charge on any atom is -0.467 e. The SMILES string of the molecule is COC(=O)C1CC(O)CN1C(=O)c1cc(F)ccc1F. The van der Waals surface area contributed by atoms with E-state index in [1.54, 1.807) is 0 Å². The summed E-state index contributed by atoms with van der Waals surface area (Å²) < 4.78 is 31.2. The van der Waals surface area contributed by atoms with Crippen LogP contribution in [0.25, 0.3) is 0 Å². The molecule has 1 aliphatic rings. The summed E-state index contributed by atoms with van der Waals surface area (Å²) >= 11 is 0. The molecule has 7 heteroatoms. The number of rotatable bonds is 2. The summed E-state index contributed by atoms with van der Waals surface area (Å²) in [7, 11) is 1.15. The molecule has 1 amide bonds. The van der Waals surface area contributed by atoms with Gasteiger partial charge in [0.25, 0.3) is 5.91 Å². The third kappa shape index (κ3) is 2.62. The molecule has 0 bridgehead atoms. The zero-order valence-corrected chi connectivity index (χ0v) is 10.7. The average Bonchev–Trinajstić information content (AvgIpc) is 2.82. The highest BCUT2D eigenvalue weighted by Crippen LogP contribution is 2.23. The van der Waals surface area contributed by atoms with Gasteiger partial charge >= 0.3 is 5.97 Å². The van der Waals surface area contributed by atoms with Gasteiger partial charge in [-0.3, -0.25) is 4.79 Å². The minimum atomic E-state index is -0.995. The van der Waals surface area contributed by atoms with Crippen molar-refractivity contribution >= 4 is 11.9 Å². The van der Waals surface area contributed by atoms with Crippen molar-refractivity contribution in [1.29, 1.82) is 0 Å². The van der Waals surface area contributed by atoms with E-state index in [9.17, 15) is 23.5 Å². The van der Waals surface area contributed by atoms with Crippen LogP contribution in [0.1, 0.15) is 16.8 Å². The van der Waals surface area contributed by atoms with Crippen molar-refractivity contribution in [1.82, 2.24) is 4.90 Å². The Balaban J connectivity index is 2.31. The maximum atomic E-state index is 13.6. The Morgan fingerprint density at radius 2 is 2.10 bits per heavy atom. The maximum absolute atomic E-state index is 13.6. The van der Waals surface area contributed by atoms with Gasteiger partial charge in [-0.15, -0.1) is 0 Å². The lowest BCUT2D eigenvalue weighted by atomic mass is 10.1. The number of β-amino-alcohol motifs (C(OH)–C–C–N with tert-alkyl or cyclic N) is 1. The number of carbonyl (C=O) groups excluding carboxylic acids is 2. The molecule has 1 aromatic rings. The van der Waals surface area contributed by atoms with Crippen molar-refractivity contribution in [2.75, 3.05) is 13.7 Å². The third-order valence-corrected chi connectivity index (χ3v) is 3.17. The summed E-state index contributed by atoms with van der Waals surface area (Å²) in [5.41, 5.74) is -0.479. The first-order valence-corrected chi connectivity index (χ1v) is 5.96. The van der Waals surface area contributed by atoms with Crippen LogP contribution in [0.4, 0.5) is 8.78 Å². The Labute approximate surface area is 113 Å². The molecule has 2 rings (SSSR count). The second-order valence-corrected chi connectivity index (χ2v) is 4.51. The van der Waals surface area contributed by atoms with E-state index in [1.807, 2.05) is 0 Å². The number of nitrogens with zero attached hydrogens (tertiary/aromatic N) is 1. The zero-order chi connectivity index (χ0) is 14.9. The normalized spacial score (nSPS) is 21.9. The van der Waals surface area contributed by atoms with Gasteiger partial charge in [0.2, 0.25) is 0 Å². The second kappa shape index (κ2) is 5.54. The zero-order valence-electron chi connectivity index (χ0n) is 10.7. The summed E-state index contributed by atoms with van der Waals surface area (Å²) in [6.07, 6.45) is -0.894. The highest BCUT2D eigenvalue weighted by molar-refractivity contribution is 5.97. The van der Waals surface area contributed by atoms with Crippen LogP contribution in [0.15, 0.2) is 18.2 Å². The molecule has 5 nitrogen and oxygen atoms in total. The summed E-state index contributed by atoms with van der Waals surface area (Å²) in [6.45, 7) is -0.130. The van der Waals surface area contributed by atoms with E-state index in [-0.39, 0.29) is 13.0 Å². The molecular formula is C13H13F2NO4. The Bertz CT molecular complexity index is 549. The van der Waals surface area contributed by atoms with Gasteiger partial charge in [0.15, 0.2) is 0 Å². The van der Waals surface area contributed by atoms with Gasteiger partial charge < -0.3 is 14.7 Å². The number of likely N-dealkylation sites (tertiary alicyclic amines) is 1. The van der Waals surface area contributed by atoms with E-state index >= 15 is 0 Å². The van der Waals surface area contributed by atoms with Gasteiger partial charge in [0, 0.05) is 13.0 Å². The molecule has 0 radical (unpaired) electrons. The van der Waals surface area contributed by atoms with E-state index in [1.165, 1.54) is 0 Å². The smallest absolute Gasteiger partial charge is 0.328 e. The van der Waals surface area contributed by atoms with Gasteiger partial charge in [0.1, 0.15) is 17.7 Å². The summed E-state index contributed by atoms with van der Waals surface area (Å²) in [6, 6.07) is 1.49. The van der Waals surface area contributed by atoms with Crippen LogP contribution >= 0.6 is 0 Å². The minimum absolute atomic E-state index is 0.00927. The third-order valence-electron chi connectivity index (χ3n) is 3.17. The fourth-order valence-electron chi connectivity index (χ4n) is 2.21. The number of methoxy groups -OCH3 is 1. The van der Waals surface area contributed by atoms with E-state index in [0.717, 1.165) is 30.2 Å². The number of ether oxygens (including phenoxy) is 1. The van der Waals surface area contributed by atoms with Crippen molar-refractivity contribution < 1.29 is 28.2 Å². The Morgan fingerprint density at radius 1 is 1.40 bits per heavy atom. The number of amides is 1. The average molecular weight is 285 g/mol. The van der Waals surface area contributed by atoms with Gasteiger partial charge in [-0.1, -0.05) is 0 Å². The van der Waals surface area contributed by atoms with Crippen LogP contribution in [0.3, 0.4) is 0 Å². The Kier molecular flexibility index (Phi) is 3.99. The highest BCUT2D eigenvalue weighted by Gasteiger charge is 2.40. The molecule has 1 saturated heterocycles. The molecular weight excluding hydrogens is 272 g/mol. The second-order valence-electron chi connectivity index (χ2n) is 4.51. The molecule has 2 atom stereocenters. The van der Waals surface area contributed by atoms with Gasteiger partial charge in [-0.05, 0) is 18.2 Å². The first-order chi connectivity index (χ1) is 9.43. The predicted molar refractivity (Wildman–Crippen MR) is 63.8 cm³/mol. The quantitative estimate of drug-likeness (QED) is 0.813. The first kappa shape index (κ1) is 14.4. The van der Waals surface area contributed by atoms with Crippen molar-refractivity contribution in [2.45, 2.75) is 18.6 Å². The molecule has 1 aromatic carbocycles. The van der Waals surface area contributed by atoms with E-state index < -0.39 is 41.2 Å². The molecule has 0 spiro atoms. The van der Waals surface area contributed by atoms with Crippen molar-refractivity contribution in [3.8, 4) is 0 Å². The molecule has 1 N–H and O–H groups in total. The topological polar surface area (TPSA) is 66.8 Å². The van der Waals surface area contributed by atoms with E-state index in [2.05, 4.69) is 4.74 Å². The maximum Gasteiger partial charge on any atom is 0.328 e. The Morgan fingerprint density at radius 3 is 2.75 bits per heavy atom. The number of carbonyl (C=O) groups is 2. The number of esters is 1. The lowest BCUT2D eigenvalue weighted by Gasteiger charge is -2.22. The van der Waals surface area contributed by atoms with Gasteiger partial charge in [-0.2, -0.15) is 0 Å². The molecule has 108 valence electrons. The van der Waals surface area contributed by atoms with Crippen LogP contribution in [-0.2, 0) is 9.53 Å². The fraction of sp³-hybridized carbons (Fsp3) is 0.385. The molecule has 1 fully saturated rings. The van der Waals surface area contributed by atoms with E-state index in [0.29, 0.717) is 0 Å². The number of aliphatic hydroxyl groups is 1. The fourth-order valence-corrected chi connectivity index (χ4v) is 2.21. The van der Waals surface area contributed by atoms with Crippen LogP contribution in [0.2, 0.25) is 0 Å². The van der Waals surface area contributed by atoms with Crippen LogP contribution < -0.4 is 0 Å². The molecule has 0 saturated carbocycles. The van der Waals surface area contributed by atoms with Crippen molar-refractivity contribution in [3.05, 3.63) is 35.4 Å². The molecule has 1 heterocycles. The number of hydrogen-bond acceptors (Lipinski definition) is 4. The number of halogens is 2. The number of hydrogen-bond donors (Lipinski definition) is 1. The summed E-state index contributed by atoms with van der Waals surface area (Å²) in [4.78, 5) is 24.8. The summed E-state index contributed by atoms with van der Waals surface area (Å²) in [5, 5.41) is 9.56. The molecule has 2 unspecified atom stereocenters. The number of benzene rings is 1. The predicted octanol–water partition coefficient (Wildman–Crippen LogP) is 0.713. The van der Waals surface area contributed by atoms with Crippen LogP contribution in [0.5, 0.6) is 0 Å². The Hall–Kier alpha value is -2.02. The standard InChI is InChI=1S/C13H13F2NO4/c1-20-13(19)11-5-8(17)6-16(11)12(18)9-4-7(14)2-3-10(9)15/h2-4,8,11,17H,5-6H2,1H3. The summed E-state index contributed by atoms with van der Waals surface area (Å²) in [5.74, 6) is -3.20. The van der Waals surface area contributed by atoms with Gasteiger partial charge in [-0.25, -0.2) is 13.6 Å². The highest BCUT2D eigenvalue weighted by atomic mass is 19.1. The molecule has 20 heavy (non-hydrogen) atoms. The lowest BCUT2D eigenvalue weighted by molar-refractivity contribution is -0.145. The van der Waals surface area contributed by atoms with Gasteiger partial charge in [0.05, 0.1) is 18.8 Å². The van der Waals surface area contributed by atoms with Crippen molar-refractivity contribution in [2.24, 2.45) is 0 Å². The largest absolute Gasteiger partial charge is 0.467 e. The lowest BCUT2D eigenvalue weighted by Crippen LogP contribution is -2.41. The number of aliphatic hydroxyl groups excluding tert-OH is 1. The van der Waals surface area contributed by atoms with Crippen LogP contribution in [-0.4, -0.2) is 47.7 Å².